The molecule has 1 atom stereocenters. The predicted molar refractivity (Wildman–Crippen MR) is 160 cm³/mol. The molecule has 0 spiro atoms. The van der Waals surface area contributed by atoms with Gasteiger partial charge in [-0.3, -0.25) is 14.5 Å². The average Bonchev–Trinajstić information content (AvgIpc) is 3.37. The summed E-state index contributed by atoms with van der Waals surface area (Å²) in [5.41, 5.74) is 3.74. The van der Waals surface area contributed by atoms with Crippen molar-refractivity contribution in [2.75, 3.05) is 36.9 Å². The molecule has 4 aromatic rings. The van der Waals surface area contributed by atoms with Gasteiger partial charge in [-0.2, -0.15) is 0 Å². The van der Waals surface area contributed by atoms with Gasteiger partial charge in [0.1, 0.15) is 16.3 Å². The molecule has 1 fully saturated rings. The normalized spacial score (nSPS) is 16.2. The third-order valence-corrected chi connectivity index (χ3v) is 8.57. The van der Waals surface area contributed by atoms with Gasteiger partial charge >= 0.3 is 12.1 Å². The number of carbonyl (C=O) groups is 4. The van der Waals surface area contributed by atoms with E-state index in [2.05, 4.69) is 15.6 Å². The summed E-state index contributed by atoms with van der Waals surface area (Å²) >= 11 is 1.20. The quantitative estimate of drug-likeness (QED) is 0.293. The molecule has 0 radical (unpaired) electrons. The number of hydrogen-bond acceptors (Lipinski definition) is 6. The van der Waals surface area contributed by atoms with Gasteiger partial charge in [-0.1, -0.05) is 42.5 Å². The van der Waals surface area contributed by atoms with Gasteiger partial charge in [-0.15, -0.1) is 11.3 Å². The van der Waals surface area contributed by atoms with Crippen molar-refractivity contribution in [1.82, 2.24) is 20.1 Å². The summed E-state index contributed by atoms with van der Waals surface area (Å²) in [4.78, 5) is 60.3. The van der Waals surface area contributed by atoms with Crippen LogP contribution < -0.4 is 15.5 Å². The molecule has 2 aromatic heterocycles. The Bertz CT molecular complexity index is 1710. The number of amides is 5. The van der Waals surface area contributed by atoms with Crippen LogP contribution in [0, 0.1) is 0 Å². The molecule has 214 valence electrons. The minimum atomic E-state index is -1.18. The van der Waals surface area contributed by atoms with Gasteiger partial charge in [0.25, 0.3) is 5.91 Å². The van der Waals surface area contributed by atoms with Crippen molar-refractivity contribution >= 4 is 62.6 Å². The Balaban J connectivity index is 1.25. The fourth-order valence-corrected chi connectivity index (χ4v) is 6.42. The smallest absolute Gasteiger partial charge is 0.407 e. The Labute approximate surface area is 245 Å². The van der Waals surface area contributed by atoms with Crippen molar-refractivity contribution < 1.29 is 24.3 Å². The largest absolute Gasteiger partial charge is 0.465 e. The molecule has 1 unspecified atom stereocenters. The number of urea groups is 1. The zero-order valence-electron chi connectivity index (χ0n) is 22.7. The summed E-state index contributed by atoms with van der Waals surface area (Å²) in [6.07, 6.45) is 1.80. The number of carboxylic acid groups (broad SMARTS) is 1. The zero-order valence-corrected chi connectivity index (χ0v) is 23.6. The van der Waals surface area contributed by atoms with E-state index in [1.165, 1.54) is 18.4 Å². The summed E-state index contributed by atoms with van der Waals surface area (Å²) in [7, 11) is 1.34. The van der Waals surface area contributed by atoms with E-state index >= 15 is 0 Å². The van der Waals surface area contributed by atoms with E-state index in [0.717, 1.165) is 16.0 Å². The minimum absolute atomic E-state index is 0.248. The predicted octanol–water partition coefficient (Wildman–Crippen LogP) is 4.98. The van der Waals surface area contributed by atoms with Crippen LogP contribution >= 0.6 is 11.3 Å². The zero-order chi connectivity index (χ0) is 29.4. The number of aromatic nitrogens is 1. The molecule has 5 amide bonds. The number of pyridine rings is 1. The maximum atomic E-state index is 13.5. The Morgan fingerprint density at radius 3 is 2.69 bits per heavy atom. The van der Waals surface area contributed by atoms with E-state index in [-0.39, 0.29) is 37.0 Å². The van der Waals surface area contributed by atoms with Crippen LogP contribution in [-0.2, 0) is 4.79 Å². The van der Waals surface area contributed by atoms with Crippen molar-refractivity contribution in [3.8, 4) is 11.1 Å². The highest BCUT2D eigenvalue weighted by molar-refractivity contribution is 7.21. The number of benzene rings is 2. The number of likely N-dealkylation sites (tertiary alicyclic amines) is 1. The molecule has 11 nitrogen and oxygen atoms in total. The number of hydrogen-bond donors (Lipinski definition) is 3. The number of nitrogens with zero attached hydrogens (tertiary/aromatic N) is 4. The molecule has 12 heteroatoms. The van der Waals surface area contributed by atoms with Crippen LogP contribution in [0.5, 0.6) is 0 Å². The SMILES string of the molecule is CN(CC(=O)N1CCCC(NC(=O)c2sc3nccc4c3c2NC(=O)N4c2cccc(-c3ccccc3)c2)C1)C(=O)O. The van der Waals surface area contributed by atoms with Crippen LogP contribution in [-0.4, -0.2) is 76.6 Å². The first kappa shape index (κ1) is 27.2. The number of carbonyl (C=O) groups excluding carboxylic acids is 3. The fraction of sp³-hybridized carbons (Fsp3) is 0.233. The van der Waals surface area contributed by atoms with Gasteiger partial charge in [-0.05, 0) is 42.2 Å². The summed E-state index contributed by atoms with van der Waals surface area (Å²) in [5, 5.41) is 15.7. The first-order chi connectivity index (χ1) is 20.3. The van der Waals surface area contributed by atoms with E-state index in [1.54, 1.807) is 22.1 Å². The number of rotatable bonds is 6. The Morgan fingerprint density at radius 1 is 1.12 bits per heavy atom. The summed E-state index contributed by atoms with van der Waals surface area (Å²) in [5.74, 6) is -0.672. The van der Waals surface area contributed by atoms with Crippen LogP contribution in [0.4, 0.5) is 26.7 Å². The fourth-order valence-electron chi connectivity index (χ4n) is 5.40. The van der Waals surface area contributed by atoms with Gasteiger partial charge in [0.05, 0.1) is 22.4 Å². The van der Waals surface area contributed by atoms with E-state index in [9.17, 15) is 19.2 Å². The van der Waals surface area contributed by atoms with Crippen molar-refractivity contribution in [2.24, 2.45) is 0 Å². The van der Waals surface area contributed by atoms with Gasteiger partial charge < -0.3 is 25.5 Å². The molecule has 2 aromatic carbocycles. The minimum Gasteiger partial charge on any atom is -0.465 e. The van der Waals surface area contributed by atoms with Crippen LogP contribution in [0.25, 0.3) is 21.3 Å². The third-order valence-electron chi connectivity index (χ3n) is 7.47. The highest BCUT2D eigenvalue weighted by Crippen LogP contribution is 2.46. The second-order valence-electron chi connectivity index (χ2n) is 10.3. The number of nitrogens with one attached hydrogen (secondary N) is 2. The summed E-state index contributed by atoms with van der Waals surface area (Å²) in [6.45, 7) is 0.527. The van der Waals surface area contributed by atoms with Gasteiger partial charge in [-0.25, -0.2) is 14.6 Å². The Morgan fingerprint density at radius 2 is 1.90 bits per heavy atom. The van der Waals surface area contributed by atoms with Crippen molar-refractivity contribution in [3.05, 3.63) is 71.7 Å². The standard InChI is InChI=1S/C30H28N6O5S/c1-34(30(40)41)17-23(37)35-14-6-10-20(16-35)32-27(38)26-25-24-22(12-13-31-28(24)42-26)36(29(39)33-25)21-11-5-9-19(15-21)18-7-3-2-4-8-18/h2-5,7-9,11-13,15,20H,6,10,14,16-17H2,1H3,(H,32,38)(H,33,39)(H,40,41). The number of anilines is 3. The van der Waals surface area contributed by atoms with E-state index in [1.807, 2.05) is 54.6 Å². The van der Waals surface area contributed by atoms with E-state index < -0.39 is 6.09 Å². The lowest BCUT2D eigenvalue weighted by Crippen LogP contribution is -2.51. The van der Waals surface area contributed by atoms with Crippen LogP contribution in [0.2, 0.25) is 0 Å². The second kappa shape index (κ2) is 11.1. The van der Waals surface area contributed by atoms with Crippen molar-refractivity contribution in [3.63, 3.8) is 0 Å². The van der Waals surface area contributed by atoms with Crippen molar-refractivity contribution in [1.29, 1.82) is 0 Å². The Hall–Kier alpha value is -4.97. The highest BCUT2D eigenvalue weighted by atomic mass is 32.1. The second-order valence-corrected chi connectivity index (χ2v) is 11.3. The molecular weight excluding hydrogens is 556 g/mol. The first-order valence-corrected chi connectivity index (χ1v) is 14.3. The molecular formula is C30H28N6O5S. The number of thiophene rings is 1. The molecule has 0 aliphatic carbocycles. The molecule has 4 heterocycles. The Kier molecular flexibility index (Phi) is 7.21. The van der Waals surface area contributed by atoms with Crippen LogP contribution in [0.15, 0.2) is 66.9 Å². The lowest BCUT2D eigenvalue weighted by atomic mass is 10.0. The van der Waals surface area contributed by atoms with E-state index in [4.69, 9.17) is 5.11 Å². The molecule has 3 N–H and O–H groups in total. The van der Waals surface area contributed by atoms with Crippen LogP contribution in [0.3, 0.4) is 0 Å². The number of likely N-dealkylation sites (N-methyl/N-ethyl adjacent to an activating group) is 1. The highest BCUT2D eigenvalue weighted by Gasteiger charge is 2.34. The van der Waals surface area contributed by atoms with Crippen molar-refractivity contribution in [2.45, 2.75) is 18.9 Å². The molecule has 2 aliphatic heterocycles. The van der Waals surface area contributed by atoms with E-state index in [0.29, 0.717) is 51.5 Å². The third kappa shape index (κ3) is 5.12. The molecule has 0 saturated carbocycles. The van der Waals surface area contributed by atoms with Gasteiger partial charge in [0.15, 0.2) is 0 Å². The number of piperidine rings is 1. The topological polar surface area (TPSA) is 135 Å². The molecule has 6 rings (SSSR count). The first-order valence-electron chi connectivity index (χ1n) is 13.5. The average molecular weight is 585 g/mol. The molecule has 2 aliphatic rings. The van der Waals surface area contributed by atoms with Gasteiger partial charge in [0, 0.05) is 32.4 Å². The summed E-state index contributed by atoms with van der Waals surface area (Å²) in [6, 6.07) is 18.7. The lowest BCUT2D eigenvalue weighted by Gasteiger charge is -2.34. The van der Waals surface area contributed by atoms with Crippen LogP contribution in [0.1, 0.15) is 22.5 Å². The maximum absolute atomic E-state index is 13.5. The lowest BCUT2D eigenvalue weighted by molar-refractivity contribution is -0.133. The maximum Gasteiger partial charge on any atom is 0.407 e. The monoisotopic (exact) mass is 584 g/mol. The molecule has 42 heavy (non-hydrogen) atoms. The molecule has 0 bridgehead atoms. The summed E-state index contributed by atoms with van der Waals surface area (Å²) < 4.78 is 0. The molecule has 1 saturated heterocycles. The van der Waals surface area contributed by atoms with Gasteiger partial charge in [0.2, 0.25) is 5.91 Å².